The maximum atomic E-state index is 11.5. The van der Waals surface area contributed by atoms with Crippen molar-refractivity contribution in [1.82, 2.24) is 0 Å². The molecule has 0 saturated carbocycles. The molecule has 3 aromatic carbocycles. The Morgan fingerprint density at radius 1 is 0.639 bits per heavy atom. The quantitative estimate of drug-likeness (QED) is 0.156. The van der Waals surface area contributed by atoms with Crippen LogP contribution in [0.2, 0.25) is 0 Å². The van der Waals surface area contributed by atoms with E-state index in [0.717, 1.165) is 12.1 Å². The molecule has 0 aliphatic carbocycles. The third kappa shape index (κ3) is 5.70. The highest BCUT2D eigenvalue weighted by Crippen LogP contribution is 2.46. The van der Waals surface area contributed by atoms with Crippen LogP contribution in [0, 0.1) is 42.9 Å². The Morgan fingerprint density at radius 3 is 1.36 bits per heavy atom. The number of hydrogen-bond donors (Lipinski definition) is 0. The van der Waals surface area contributed by atoms with Crippen LogP contribution >= 0.6 is 46.4 Å². The Bertz CT molecular complexity index is 1320. The van der Waals surface area contributed by atoms with E-state index in [0.29, 0.717) is 11.1 Å². The number of halogens is 4. The second-order valence-electron chi connectivity index (χ2n) is 7.56. The summed E-state index contributed by atoms with van der Waals surface area (Å²) >= 11 is 26.3. The molecule has 182 valence electrons. The van der Waals surface area contributed by atoms with Gasteiger partial charge in [0.15, 0.2) is 0 Å². The van der Waals surface area contributed by atoms with Crippen LogP contribution in [0.3, 0.4) is 0 Å². The molecule has 0 bridgehead atoms. The molecule has 0 saturated heterocycles. The van der Waals surface area contributed by atoms with Gasteiger partial charge in [-0.3, -0.25) is 20.2 Å². The van der Waals surface area contributed by atoms with Gasteiger partial charge in [0.2, 0.25) is 0 Å². The Balaban J connectivity index is 1.93. The normalized spacial score (nSPS) is 14.1. The van der Waals surface area contributed by atoms with Gasteiger partial charge >= 0.3 is 0 Å². The van der Waals surface area contributed by atoms with Gasteiger partial charge in [-0.1, -0.05) is 24.3 Å². The van der Waals surface area contributed by atoms with E-state index in [2.05, 4.69) is 0 Å². The summed E-state index contributed by atoms with van der Waals surface area (Å²) in [6.45, 7) is 0. The summed E-state index contributed by atoms with van der Waals surface area (Å²) in [6, 6.07) is 18.1. The van der Waals surface area contributed by atoms with E-state index in [1.165, 1.54) is 24.3 Å². The van der Waals surface area contributed by atoms with Crippen molar-refractivity contribution >= 4 is 57.8 Å². The van der Waals surface area contributed by atoms with Gasteiger partial charge in [0, 0.05) is 23.3 Å². The lowest BCUT2D eigenvalue weighted by Gasteiger charge is -2.21. The minimum absolute atomic E-state index is 0.109. The number of hydrogen-bond acceptors (Lipinski definition) is 6. The maximum Gasteiger partial charge on any atom is 0.275 e. The summed E-state index contributed by atoms with van der Waals surface area (Å²) in [7, 11) is 0. The van der Waals surface area contributed by atoms with E-state index >= 15 is 0 Å². The van der Waals surface area contributed by atoms with Crippen LogP contribution in [0.25, 0.3) is 0 Å². The van der Waals surface area contributed by atoms with Gasteiger partial charge in [0.1, 0.15) is 0 Å². The summed E-state index contributed by atoms with van der Waals surface area (Å²) in [5, 5.41) is 37.2. The highest BCUT2D eigenvalue weighted by Gasteiger charge is 2.31. The van der Waals surface area contributed by atoms with Crippen LogP contribution in [0.5, 0.6) is 0 Å². The molecule has 0 N–H and O–H groups in total. The van der Waals surface area contributed by atoms with Crippen molar-refractivity contribution in [3.05, 3.63) is 114 Å². The van der Waals surface area contributed by atoms with Crippen molar-refractivity contribution < 1.29 is 9.85 Å². The maximum absolute atomic E-state index is 11.5. The summed E-state index contributed by atoms with van der Waals surface area (Å²) in [5.74, 6) is 0. The van der Waals surface area contributed by atoms with Gasteiger partial charge in [-0.2, -0.15) is 10.5 Å². The minimum Gasteiger partial charge on any atom is -0.258 e. The Morgan fingerprint density at radius 2 is 1.03 bits per heavy atom. The molecule has 36 heavy (non-hydrogen) atoms. The molecule has 0 aliphatic rings. The molecule has 4 atom stereocenters. The number of benzene rings is 3. The summed E-state index contributed by atoms with van der Waals surface area (Å²) in [4.78, 5) is 21.8. The fraction of sp³-hybridized carbons (Fsp3) is 0.167. The third-order valence-corrected chi connectivity index (χ3v) is 7.61. The first-order valence-corrected chi connectivity index (χ1v) is 11.9. The first-order valence-electron chi connectivity index (χ1n) is 10.1. The number of alkyl halides is 4. The Kier molecular flexibility index (Phi) is 8.73. The smallest absolute Gasteiger partial charge is 0.258 e. The second kappa shape index (κ2) is 11.6. The number of rotatable bonds is 8. The predicted octanol–water partition coefficient (Wildman–Crippen LogP) is 7.77. The highest BCUT2D eigenvalue weighted by atomic mass is 35.5. The van der Waals surface area contributed by atoms with Crippen LogP contribution in [0.1, 0.15) is 54.9 Å². The van der Waals surface area contributed by atoms with Gasteiger partial charge in [-0.05, 0) is 35.4 Å². The van der Waals surface area contributed by atoms with Gasteiger partial charge in [-0.15, -0.1) is 46.4 Å². The van der Waals surface area contributed by atoms with E-state index in [1.807, 2.05) is 12.1 Å². The van der Waals surface area contributed by atoms with Crippen LogP contribution in [0.4, 0.5) is 11.4 Å². The van der Waals surface area contributed by atoms with Crippen LogP contribution in [0.15, 0.2) is 60.7 Å². The third-order valence-electron chi connectivity index (χ3n) is 5.37. The topological polar surface area (TPSA) is 134 Å². The zero-order chi connectivity index (χ0) is 26.6. The molecule has 0 unspecified atom stereocenters. The van der Waals surface area contributed by atoms with Crippen molar-refractivity contribution in [3.8, 4) is 12.1 Å². The molecule has 0 amide bonds. The van der Waals surface area contributed by atoms with Gasteiger partial charge in [0.25, 0.3) is 11.4 Å². The lowest BCUT2D eigenvalue weighted by Crippen LogP contribution is -2.07. The largest absolute Gasteiger partial charge is 0.275 e. The van der Waals surface area contributed by atoms with Crippen molar-refractivity contribution in [1.29, 1.82) is 10.5 Å². The molecule has 0 fully saturated rings. The average Bonchev–Trinajstić information content (AvgIpc) is 2.90. The predicted molar refractivity (Wildman–Crippen MR) is 136 cm³/mol. The van der Waals surface area contributed by atoms with Crippen molar-refractivity contribution in [2.75, 3.05) is 0 Å². The Labute approximate surface area is 225 Å². The van der Waals surface area contributed by atoms with Crippen molar-refractivity contribution in [2.45, 2.75) is 21.5 Å². The molecule has 12 heteroatoms. The van der Waals surface area contributed by atoms with Gasteiger partial charge in [0.05, 0.1) is 54.6 Å². The second-order valence-corrected chi connectivity index (χ2v) is 9.44. The van der Waals surface area contributed by atoms with E-state index in [9.17, 15) is 20.2 Å². The fourth-order valence-corrected chi connectivity index (χ4v) is 4.77. The summed E-state index contributed by atoms with van der Waals surface area (Å²) in [5.41, 5.74) is 0.789. The lowest BCUT2D eigenvalue weighted by molar-refractivity contribution is -0.385. The van der Waals surface area contributed by atoms with Crippen LogP contribution in [-0.4, -0.2) is 9.85 Å². The number of nitriles is 2. The zero-order valence-corrected chi connectivity index (χ0v) is 21.0. The first kappa shape index (κ1) is 27.2. The number of nitrogens with zero attached hydrogens (tertiary/aromatic N) is 4. The Hall–Kier alpha value is -3.40. The monoisotopic (exact) mass is 562 g/mol. The van der Waals surface area contributed by atoms with E-state index in [1.54, 1.807) is 24.3 Å². The molecule has 0 aromatic heterocycles. The van der Waals surface area contributed by atoms with Crippen LogP contribution in [-0.2, 0) is 0 Å². The summed E-state index contributed by atoms with van der Waals surface area (Å²) < 4.78 is 0. The number of nitro benzene ring substituents is 2. The molecule has 0 aliphatic heterocycles. The number of nitro groups is 2. The molecule has 3 aromatic rings. The van der Waals surface area contributed by atoms with Crippen molar-refractivity contribution in [2.24, 2.45) is 0 Å². The molecule has 0 radical (unpaired) electrons. The molecule has 0 heterocycles. The molecular formula is C24H14Cl4N4O4. The van der Waals surface area contributed by atoms with E-state index < -0.39 is 31.4 Å². The zero-order valence-electron chi connectivity index (χ0n) is 18.0. The SMILES string of the molecule is N#Cc1ccc([C@@H](Cl)[C@@H](Cl)c2cccc([C@@H](Cl)[C@@H](Cl)c3ccc(C#N)cc3[N+](=O)[O-])c2)c([N+](=O)[O-])c1. The standard InChI is InChI=1S/C24H14Cl4N4O4/c25-21(23(27)17-6-4-13(11-29)8-19(17)31(33)34)15-2-1-3-16(10-15)22(26)24(28)18-7-5-14(12-30)9-20(18)32(35)36/h1-10,21-24H/t21-,22+,23+,24-. The molecule has 8 nitrogen and oxygen atoms in total. The molecular weight excluding hydrogens is 550 g/mol. The fourth-order valence-electron chi connectivity index (χ4n) is 3.56. The minimum atomic E-state index is -1.03. The molecule has 3 rings (SSSR count). The van der Waals surface area contributed by atoms with Crippen molar-refractivity contribution in [3.63, 3.8) is 0 Å². The van der Waals surface area contributed by atoms with E-state index in [-0.39, 0.29) is 33.6 Å². The van der Waals surface area contributed by atoms with Gasteiger partial charge < -0.3 is 0 Å². The van der Waals surface area contributed by atoms with Gasteiger partial charge in [-0.25, -0.2) is 0 Å². The highest BCUT2D eigenvalue weighted by molar-refractivity contribution is 6.31. The average molecular weight is 564 g/mol. The molecule has 0 spiro atoms. The van der Waals surface area contributed by atoms with Crippen LogP contribution < -0.4 is 0 Å². The lowest BCUT2D eigenvalue weighted by atomic mass is 9.96. The first-order chi connectivity index (χ1) is 17.1. The van der Waals surface area contributed by atoms with E-state index in [4.69, 9.17) is 56.9 Å². The summed E-state index contributed by atoms with van der Waals surface area (Å²) in [6.07, 6.45) is 0.